The summed E-state index contributed by atoms with van der Waals surface area (Å²) in [5.74, 6) is 1.48. The standard InChI is InChI=1S/C25H32ClN5O2/c1-18(33-22-7-5-20(26)6-8-22)24(32)30-11-9-19-17-27-25(28-23(19)10-12-30)31-15-13-29(14-16-31)21-3-2-4-21/h5-8,17-18,21H,2-4,9-16H2,1H3. The molecule has 33 heavy (non-hydrogen) atoms. The van der Waals surface area contributed by atoms with E-state index in [0.717, 1.165) is 62.3 Å². The fraction of sp³-hybridized carbons (Fsp3) is 0.560. The molecule has 8 heteroatoms. The first-order valence-electron chi connectivity index (χ1n) is 12.1. The Morgan fingerprint density at radius 2 is 1.79 bits per heavy atom. The summed E-state index contributed by atoms with van der Waals surface area (Å²) in [7, 11) is 0. The molecule has 1 amide bonds. The van der Waals surface area contributed by atoms with Crippen molar-refractivity contribution < 1.29 is 9.53 Å². The Morgan fingerprint density at radius 1 is 1.06 bits per heavy atom. The van der Waals surface area contributed by atoms with E-state index in [9.17, 15) is 4.79 Å². The summed E-state index contributed by atoms with van der Waals surface area (Å²) in [5.41, 5.74) is 2.22. The Bertz CT molecular complexity index is 973. The van der Waals surface area contributed by atoms with Crippen LogP contribution in [0.4, 0.5) is 5.95 Å². The lowest BCUT2D eigenvalue weighted by atomic mass is 9.91. The topological polar surface area (TPSA) is 61.8 Å². The van der Waals surface area contributed by atoms with Crippen molar-refractivity contribution in [2.75, 3.05) is 44.2 Å². The molecule has 3 heterocycles. The molecule has 2 aliphatic heterocycles. The van der Waals surface area contributed by atoms with Crippen LogP contribution in [-0.2, 0) is 17.6 Å². The fourth-order valence-electron chi connectivity index (χ4n) is 4.90. The number of halogens is 1. The van der Waals surface area contributed by atoms with E-state index in [1.807, 2.05) is 11.1 Å². The van der Waals surface area contributed by atoms with Crippen molar-refractivity contribution in [3.63, 3.8) is 0 Å². The number of hydrogen-bond donors (Lipinski definition) is 0. The number of carbonyl (C=O) groups excluding carboxylic acids is 1. The molecule has 176 valence electrons. The lowest BCUT2D eigenvalue weighted by Crippen LogP contribution is -2.52. The minimum absolute atomic E-state index is 0.00180. The average molecular weight is 470 g/mol. The third kappa shape index (κ3) is 5.09. The molecule has 1 aromatic carbocycles. The summed E-state index contributed by atoms with van der Waals surface area (Å²) in [4.78, 5) is 29.5. The minimum Gasteiger partial charge on any atom is -0.481 e. The number of hydrogen-bond acceptors (Lipinski definition) is 6. The van der Waals surface area contributed by atoms with Gasteiger partial charge in [0.1, 0.15) is 5.75 Å². The molecule has 0 spiro atoms. The molecule has 1 aromatic heterocycles. The van der Waals surface area contributed by atoms with E-state index in [1.54, 1.807) is 31.2 Å². The average Bonchev–Trinajstić information content (AvgIpc) is 3.01. The first-order chi connectivity index (χ1) is 16.1. The molecule has 1 aliphatic carbocycles. The van der Waals surface area contributed by atoms with Crippen molar-refractivity contribution in [2.45, 2.75) is 51.2 Å². The zero-order chi connectivity index (χ0) is 22.8. The molecule has 1 saturated carbocycles. The van der Waals surface area contributed by atoms with E-state index in [4.69, 9.17) is 21.3 Å². The van der Waals surface area contributed by atoms with Gasteiger partial charge in [0.2, 0.25) is 5.95 Å². The van der Waals surface area contributed by atoms with Gasteiger partial charge >= 0.3 is 0 Å². The van der Waals surface area contributed by atoms with Crippen LogP contribution < -0.4 is 9.64 Å². The zero-order valence-corrected chi connectivity index (χ0v) is 20.0. The van der Waals surface area contributed by atoms with Crippen LogP contribution in [0.5, 0.6) is 5.75 Å². The highest BCUT2D eigenvalue weighted by Crippen LogP contribution is 2.26. The van der Waals surface area contributed by atoms with E-state index in [-0.39, 0.29) is 5.91 Å². The largest absolute Gasteiger partial charge is 0.481 e. The summed E-state index contributed by atoms with van der Waals surface area (Å²) in [6.07, 6.45) is 7.02. The second kappa shape index (κ2) is 9.85. The van der Waals surface area contributed by atoms with Crippen LogP contribution in [0.3, 0.4) is 0 Å². The van der Waals surface area contributed by atoms with Crippen molar-refractivity contribution in [3.05, 3.63) is 46.7 Å². The van der Waals surface area contributed by atoms with Crippen LogP contribution in [0.25, 0.3) is 0 Å². The minimum atomic E-state index is -0.555. The maximum absolute atomic E-state index is 13.0. The summed E-state index contributed by atoms with van der Waals surface area (Å²) in [6.45, 7) is 7.27. The van der Waals surface area contributed by atoms with Crippen LogP contribution in [0.2, 0.25) is 5.02 Å². The lowest BCUT2D eigenvalue weighted by molar-refractivity contribution is -0.137. The number of anilines is 1. The van der Waals surface area contributed by atoms with Crippen molar-refractivity contribution in [3.8, 4) is 5.75 Å². The number of amides is 1. The first kappa shape index (κ1) is 22.4. The fourth-order valence-corrected chi connectivity index (χ4v) is 5.03. The molecule has 1 saturated heterocycles. The van der Waals surface area contributed by atoms with Crippen molar-refractivity contribution in [1.82, 2.24) is 19.8 Å². The molecule has 0 radical (unpaired) electrons. The number of nitrogens with zero attached hydrogens (tertiary/aromatic N) is 5. The van der Waals surface area contributed by atoms with Crippen LogP contribution in [0, 0.1) is 0 Å². The quantitative estimate of drug-likeness (QED) is 0.670. The number of piperazine rings is 1. The third-order valence-corrected chi connectivity index (χ3v) is 7.44. The van der Waals surface area contributed by atoms with Gasteiger partial charge in [-0.15, -0.1) is 0 Å². The monoisotopic (exact) mass is 469 g/mol. The summed E-state index contributed by atoms with van der Waals surface area (Å²) < 4.78 is 5.85. The number of rotatable bonds is 5. The van der Waals surface area contributed by atoms with E-state index < -0.39 is 6.10 Å². The van der Waals surface area contributed by atoms with Crippen LogP contribution in [0.15, 0.2) is 30.5 Å². The number of carbonyl (C=O) groups is 1. The van der Waals surface area contributed by atoms with Gasteiger partial charge in [0.25, 0.3) is 5.91 Å². The number of ether oxygens (including phenoxy) is 1. The summed E-state index contributed by atoms with van der Waals surface area (Å²) in [5, 5.41) is 0.646. The summed E-state index contributed by atoms with van der Waals surface area (Å²) >= 11 is 5.94. The molecule has 3 aliphatic rings. The maximum Gasteiger partial charge on any atom is 0.263 e. The van der Waals surface area contributed by atoms with Gasteiger partial charge in [-0.05, 0) is 56.0 Å². The van der Waals surface area contributed by atoms with Crippen molar-refractivity contribution in [2.24, 2.45) is 0 Å². The van der Waals surface area contributed by atoms with E-state index in [1.165, 1.54) is 19.3 Å². The second-order valence-corrected chi connectivity index (χ2v) is 9.73. The van der Waals surface area contributed by atoms with E-state index in [0.29, 0.717) is 23.9 Å². The Kier molecular flexibility index (Phi) is 6.69. The maximum atomic E-state index is 13.0. The Hall–Kier alpha value is -2.38. The molecule has 2 aromatic rings. The van der Waals surface area contributed by atoms with Crippen LogP contribution in [0.1, 0.15) is 37.4 Å². The van der Waals surface area contributed by atoms with Gasteiger partial charge in [-0.1, -0.05) is 18.0 Å². The van der Waals surface area contributed by atoms with Gasteiger partial charge in [0.05, 0.1) is 5.69 Å². The summed E-state index contributed by atoms with van der Waals surface area (Å²) in [6, 6.07) is 7.90. The zero-order valence-electron chi connectivity index (χ0n) is 19.3. The predicted octanol–water partition coefficient (Wildman–Crippen LogP) is 3.20. The Morgan fingerprint density at radius 3 is 2.48 bits per heavy atom. The number of aromatic nitrogens is 2. The number of fused-ring (bicyclic) bond motifs is 1. The third-order valence-electron chi connectivity index (χ3n) is 7.19. The first-order valence-corrected chi connectivity index (χ1v) is 12.5. The van der Waals surface area contributed by atoms with Gasteiger partial charge in [0.15, 0.2) is 6.10 Å². The van der Waals surface area contributed by atoms with Gasteiger partial charge in [0, 0.05) is 63.0 Å². The molecule has 2 fully saturated rings. The molecule has 7 nitrogen and oxygen atoms in total. The molecule has 1 unspecified atom stereocenters. The van der Waals surface area contributed by atoms with Crippen LogP contribution >= 0.6 is 11.6 Å². The predicted molar refractivity (Wildman–Crippen MR) is 129 cm³/mol. The highest BCUT2D eigenvalue weighted by atomic mass is 35.5. The molecular formula is C25H32ClN5O2. The van der Waals surface area contributed by atoms with Gasteiger partial charge < -0.3 is 14.5 Å². The Balaban J connectivity index is 1.18. The van der Waals surface area contributed by atoms with E-state index in [2.05, 4.69) is 14.8 Å². The van der Waals surface area contributed by atoms with Gasteiger partial charge in [-0.3, -0.25) is 9.69 Å². The number of benzene rings is 1. The Labute approximate surface area is 200 Å². The van der Waals surface area contributed by atoms with Crippen LogP contribution in [-0.4, -0.2) is 77.1 Å². The van der Waals surface area contributed by atoms with Crippen molar-refractivity contribution >= 4 is 23.5 Å². The van der Waals surface area contributed by atoms with Gasteiger partial charge in [-0.2, -0.15) is 0 Å². The molecule has 0 N–H and O–H groups in total. The van der Waals surface area contributed by atoms with Crippen molar-refractivity contribution in [1.29, 1.82) is 0 Å². The second-order valence-electron chi connectivity index (χ2n) is 9.29. The molecular weight excluding hydrogens is 438 g/mol. The van der Waals surface area contributed by atoms with E-state index >= 15 is 0 Å². The normalized spacial score (nSPS) is 20.5. The smallest absolute Gasteiger partial charge is 0.263 e. The molecule has 5 rings (SSSR count). The molecule has 1 atom stereocenters. The molecule has 0 bridgehead atoms. The highest BCUT2D eigenvalue weighted by Gasteiger charge is 2.29. The lowest BCUT2D eigenvalue weighted by Gasteiger charge is -2.43. The van der Waals surface area contributed by atoms with Gasteiger partial charge in [-0.25, -0.2) is 9.97 Å². The highest BCUT2D eigenvalue weighted by molar-refractivity contribution is 6.30. The SMILES string of the molecule is CC(Oc1ccc(Cl)cc1)C(=O)N1CCc2cnc(N3CCN(C4CCC4)CC3)nc2CC1.